The Morgan fingerprint density at radius 2 is 1.85 bits per heavy atom. The molecule has 0 saturated carbocycles. The highest BCUT2D eigenvalue weighted by atomic mass is 35.5. The second kappa shape index (κ2) is 6.65. The first kappa shape index (κ1) is 14.7. The van der Waals surface area contributed by atoms with Gasteiger partial charge in [0.2, 0.25) is 0 Å². The Balaban J connectivity index is 2.01. The summed E-state index contributed by atoms with van der Waals surface area (Å²) in [7, 11) is 0. The maximum atomic E-state index is 8.84. The molecule has 2 nitrogen and oxygen atoms in total. The summed E-state index contributed by atoms with van der Waals surface area (Å²) in [6.45, 7) is 2.10. The first-order valence-electron chi connectivity index (χ1n) is 6.29. The maximum absolute atomic E-state index is 8.84. The van der Waals surface area contributed by atoms with Crippen molar-refractivity contribution in [1.29, 1.82) is 5.26 Å². The van der Waals surface area contributed by atoms with Crippen LogP contribution in [0.3, 0.4) is 0 Å². The Hall–Kier alpha value is -1.69. The predicted octanol–water partition coefficient (Wildman–Crippen LogP) is 4.91. The molecule has 0 aliphatic heterocycles. The first-order valence-corrected chi connectivity index (χ1v) is 7.04. The molecular weight excluding hydrogens is 291 g/mol. The Morgan fingerprint density at radius 3 is 2.45 bits per heavy atom. The highest BCUT2D eigenvalue weighted by Crippen LogP contribution is 2.21. The van der Waals surface area contributed by atoms with Gasteiger partial charge in [-0.2, -0.15) is 5.26 Å². The van der Waals surface area contributed by atoms with Gasteiger partial charge in [-0.25, -0.2) is 0 Å². The van der Waals surface area contributed by atoms with Crippen LogP contribution in [-0.4, -0.2) is 6.04 Å². The summed E-state index contributed by atoms with van der Waals surface area (Å²) in [6.07, 6.45) is 0.884. The van der Waals surface area contributed by atoms with Crippen LogP contribution < -0.4 is 5.32 Å². The summed E-state index contributed by atoms with van der Waals surface area (Å²) in [5.74, 6) is 0. The van der Waals surface area contributed by atoms with Crippen LogP contribution in [0.15, 0.2) is 42.5 Å². The largest absolute Gasteiger partial charge is 0.382 e. The van der Waals surface area contributed by atoms with E-state index in [0.717, 1.165) is 17.1 Å². The van der Waals surface area contributed by atoms with E-state index in [9.17, 15) is 0 Å². The van der Waals surface area contributed by atoms with Gasteiger partial charge in [0.05, 0.1) is 10.6 Å². The van der Waals surface area contributed by atoms with Gasteiger partial charge in [0.1, 0.15) is 6.07 Å². The van der Waals surface area contributed by atoms with Gasteiger partial charge in [-0.1, -0.05) is 35.3 Å². The second-order valence-corrected chi connectivity index (χ2v) is 5.53. The van der Waals surface area contributed by atoms with Gasteiger partial charge in [-0.3, -0.25) is 0 Å². The van der Waals surface area contributed by atoms with Crippen LogP contribution in [0.25, 0.3) is 0 Å². The molecule has 1 unspecified atom stereocenters. The van der Waals surface area contributed by atoms with Gasteiger partial charge >= 0.3 is 0 Å². The zero-order valence-electron chi connectivity index (χ0n) is 11.0. The van der Waals surface area contributed by atoms with Gasteiger partial charge in [0.25, 0.3) is 0 Å². The summed E-state index contributed by atoms with van der Waals surface area (Å²) < 4.78 is 0. The lowest BCUT2D eigenvalue weighted by atomic mass is 10.1. The minimum absolute atomic E-state index is 0.250. The van der Waals surface area contributed by atoms with E-state index in [1.807, 2.05) is 36.4 Å². The monoisotopic (exact) mass is 304 g/mol. The van der Waals surface area contributed by atoms with Gasteiger partial charge in [0, 0.05) is 16.8 Å². The van der Waals surface area contributed by atoms with Gasteiger partial charge in [0.15, 0.2) is 0 Å². The van der Waals surface area contributed by atoms with Crippen molar-refractivity contribution < 1.29 is 0 Å². The van der Waals surface area contributed by atoms with E-state index in [-0.39, 0.29) is 6.04 Å². The highest BCUT2D eigenvalue weighted by Gasteiger charge is 2.06. The Morgan fingerprint density at radius 1 is 1.15 bits per heavy atom. The number of nitriles is 1. The number of hydrogen-bond acceptors (Lipinski definition) is 2. The van der Waals surface area contributed by atoms with Crippen LogP contribution in [0.2, 0.25) is 10.0 Å². The highest BCUT2D eigenvalue weighted by molar-refractivity contribution is 6.32. The fraction of sp³-hybridized carbons (Fsp3) is 0.188. The van der Waals surface area contributed by atoms with Crippen LogP contribution in [-0.2, 0) is 6.42 Å². The average molecular weight is 305 g/mol. The standard InChI is InChI=1S/C16H14Cl2N2/c1-11(8-12-2-5-14(17)6-3-12)20-15-7-4-13(10-19)16(18)9-15/h2-7,9,11,20H,8H2,1H3. The fourth-order valence-corrected chi connectivity index (χ4v) is 2.35. The minimum atomic E-state index is 0.250. The Bertz CT molecular complexity index is 630. The summed E-state index contributed by atoms with van der Waals surface area (Å²) in [5, 5.41) is 13.4. The van der Waals surface area contributed by atoms with Gasteiger partial charge < -0.3 is 5.32 Å². The molecule has 2 aromatic carbocycles. The van der Waals surface area contributed by atoms with E-state index >= 15 is 0 Å². The number of nitrogens with zero attached hydrogens (tertiary/aromatic N) is 1. The summed E-state index contributed by atoms with van der Waals surface area (Å²) >= 11 is 11.9. The van der Waals surface area contributed by atoms with Crippen molar-refractivity contribution in [3.8, 4) is 6.07 Å². The zero-order chi connectivity index (χ0) is 14.5. The number of hydrogen-bond donors (Lipinski definition) is 1. The SMILES string of the molecule is CC(Cc1ccc(Cl)cc1)Nc1ccc(C#N)c(Cl)c1. The predicted molar refractivity (Wildman–Crippen MR) is 84.4 cm³/mol. The molecule has 0 aliphatic carbocycles. The van der Waals surface area contributed by atoms with Crippen molar-refractivity contribution >= 4 is 28.9 Å². The second-order valence-electron chi connectivity index (χ2n) is 4.68. The summed E-state index contributed by atoms with van der Waals surface area (Å²) in [5.41, 5.74) is 2.62. The molecule has 0 saturated heterocycles. The normalized spacial score (nSPS) is 11.7. The molecule has 1 atom stereocenters. The molecule has 0 amide bonds. The number of benzene rings is 2. The van der Waals surface area contributed by atoms with Crippen LogP contribution in [0.5, 0.6) is 0 Å². The molecule has 2 aromatic rings. The molecule has 4 heteroatoms. The summed E-state index contributed by atoms with van der Waals surface area (Å²) in [6, 6.07) is 15.5. The van der Waals surface area contributed by atoms with Crippen LogP contribution in [0.4, 0.5) is 5.69 Å². The topological polar surface area (TPSA) is 35.8 Å². The lowest BCUT2D eigenvalue weighted by molar-refractivity contribution is 0.790. The molecule has 0 aromatic heterocycles. The van der Waals surface area contributed by atoms with E-state index < -0.39 is 0 Å². The number of rotatable bonds is 4. The van der Waals surface area contributed by atoms with E-state index in [1.165, 1.54) is 5.56 Å². The van der Waals surface area contributed by atoms with Crippen molar-refractivity contribution in [2.75, 3.05) is 5.32 Å². The van der Waals surface area contributed by atoms with Gasteiger partial charge in [-0.05, 0) is 49.2 Å². The molecule has 2 rings (SSSR count). The lowest BCUT2D eigenvalue weighted by Crippen LogP contribution is -2.18. The fourth-order valence-electron chi connectivity index (χ4n) is 2.01. The molecule has 20 heavy (non-hydrogen) atoms. The molecule has 0 heterocycles. The van der Waals surface area contributed by atoms with Crippen LogP contribution >= 0.6 is 23.2 Å². The smallest absolute Gasteiger partial charge is 0.101 e. The van der Waals surface area contributed by atoms with Crippen molar-refractivity contribution in [3.63, 3.8) is 0 Å². The molecule has 0 spiro atoms. The zero-order valence-corrected chi connectivity index (χ0v) is 12.5. The number of nitrogens with one attached hydrogen (secondary N) is 1. The molecule has 102 valence electrons. The van der Waals surface area contributed by atoms with E-state index in [4.69, 9.17) is 28.5 Å². The average Bonchev–Trinajstić information content (AvgIpc) is 2.41. The van der Waals surface area contributed by atoms with E-state index in [2.05, 4.69) is 12.2 Å². The Labute approximate surface area is 128 Å². The number of halogens is 2. The quantitative estimate of drug-likeness (QED) is 0.871. The molecule has 0 radical (unpaired) electrons. The van der Waals surface area contributed by atoms with Crippen molar-refractivity contribution in [3.05, 3.63) is 63.6 Å². The van der Waals surface area contributed by atoms with Crippen LogP contribution in [0, 0.1) is 11.3 Å². The van der Waals surface area contributed by atoms with Gasteiger partial charge in [-0.15, -0.1) is 0 Å². The maximum Gasteiger partial charge on any atom is 0.101 e. The first-order chi connectivity index (χ1) is 9.58. The van der Waals surface area contributed by atoms with Crippen LogP contribution in [0.1, 0.15) is 18.1 Å². The third kappa shape index (κ3) is 3.90. The van der Waals surface area contributed by atoms with E-state index in [1.54, 1.807) is 12.1 Å². The van der Waals surface area contributed by atoms with Crippen molar-refractivity contribution in [2.24, 2.45) is 0 Å². The third-order valence-corrected chi connectivity index (χ3v) is 3.52. The van der Waals surface area contributed by atoms with Crippen molar-refractivity contribution in [1.82, 2.24) is 0 Å². The number of anilines is 1. The summed E-state index contributed by atoms with van der Waals surface area (Å²) in [4.78, 5) is 0. The molecular formula is C16H14Cl2N2. The molecule has 1 N–H and O–H groups in total. The molecule has 0 aliphatic rings. The Kier molecular flexibility index (Phi) is 4.89. The lowest BCUT2D eigenvalue weighted by Gasteiger charge is -2.16. The third-order valence-electron chi connectivity index (χ3n) is 2.96. The van der Waals surface area contributed by atoms with Crippen molar-refractivity contribution in [2.45, 2.75) is 19.4 Å². The van der Waals surface area contributed by atoms with E-state index in [0.29, 0.717) is 10.6 Å². The molecule has 0 fully saturated rings. The molecule has 0 bridgehead atoms. The minimum Gasteiger partial charge on any atom is -0.382 e.